The fraction of sp³-hybridized carbons (Fsp3) is 0.968. The zero-order valence-corrected chi connectivity index (χ0v) is 23.8. The maximum Gasteiger partial charge on any atom is 0.306 e. The SMILES string of the molecule is CCCCCCCCCC(CCCCCC)OC(=O)CCCCCCCCNCCCCCC. The third-order valence-electron chi connectivity index (χ3n) is 7.00. The number of rotatable bonds is 28. The molecule has 0 aromatic rings. The van der Waals surface area contributed by atoms with Crippen molar-refractivity contribution in [2.45, 2.75) is 181 Å². The molecule has 0 heterocycles. The summed E-state index contributed by atoms with van der Waals surface area (Å²) in [7, 11) is 0. The molecule has 0 fully saturated rings. The van der Waals surface area contributed by atoms with Crippen LogP contribution in [0, 0.1) is 0 Å². The molecule has 0 rings (SSSR count). The topological polar surface area (TPSA) is 38.3 Å². The lowest BCUT2D eigenvalue weighted by atomic mass is 10.0. The molecule has 1 N–H and O–H groups in total. The van der Waals surface area contributed by atoms with Crippen LogP contribution in [0.25, 0.3) is 0 Å². The van der Waals surface area contributed by atoms with Gasteiger partial charge in [-0.3, -0.25) is 4.79 Å². The van der Waals surface area contributed by atoms with E-state index in [0.29, 0.717) is 6.42 Å². The van der Waals surface area contributed by atoms with E-state index in [1.807, 2.05) is 0 Å². The number of esters is 1. The number of unbranched alkanes of at least 4 members (excludes halogenated alkanes) is 17. The summed E-state index contributed by atoms with van der Waals surface area (Å²) in [5, 5.41) is 3.57. The van der Waals surface area contributed by atoms with E-state index in [1.54, 1.807) is 0 Å². The molecule has 0 aliphatic carbocycles. The van der Waals surface area contributed by atoms with Crippen molar-refractivity contribution >= 4 is 5.97 Å². The molecule has 0 radical (unpaired) electrons. The van der Waals surface area contributed by atoms with Crippen LogP contribution in [-0.2, 0) is 9.53 Å². The molecule has 0 aliphatic rings. The number of hydrogen-bond acceptors (Lipinski definition) is 3. The van der Waals surface area contributed by atoms with E-state index in [1.165, 1.54) is 135 Å². The molecule has 0 aliphatic heterocycles. The van der Waals surface area contributed by atoms with E-state index < -0.39 is 0 Å². The molecule has 0 aromatic carbocycles. The third kappa shape index (κ3) is 26.0. The van der Waals surface area contributed by atoms with E-state index in [2.05, 4.69) is 26.1 Å². The van der Waals surface area contributed by atoms with Gasteiger partial charge in [-0.2, -0.15) is 0 Å². The van der Waals surface area contributed by atoms with Crippen molar-refractivity contribution in [3.8, 4) is 0 Å². The Morgan fingerprint density at radius 1 is 0.529 bits per heavy atom. The molecule has 0 amide bonds. The Balaban J connectivity index is 3.76. The van der Waals surface area contributed by atoms with Crippen molar-refractivity contribution in [3.63, 3.8) is 0 Å². The number of carbonyl (C=O) groups is 1. The zero-order chi connectivity index (χ0) is 25.0. The predicted molar refractivity (Wildman–Crippen MR) is 151 cm³/mol. The smallest absolute Gasteiger partial charge is 0.306 e. The van der Waals surface area contributed by atoms with Gasteiger partial charge in [0.05, 0.1) is 0 Å². The van der Waals surface area contributed by atoms with Gasteiger partial charge >= 0.3 is 5.97 Å². The normalized spacial score (nSPS) is 12.2. The van der Waals surface area contributed by atoms with Crippen LogP contribution in [0.1, 0.15) is 175 Å². The Labute approximate surface area is 215 Å². The highest BCUT2D eigenvalue weighted by molar-refractivity contribution is 5.69. The molecule has 0 saturated heterocycles. The van der Waals surface area contributed by atoms with Gasteiger partial charge in [0.25, 0.3) is 0 Å². The maximum atomic E-state index is 12.4. The van der Waals surface area contributed by atoms with Gasteiger partial charge in [0.1, 0.15) is 6.10 Å². The second kappa shape index (κ2) is 28.7. The Morgan fingerprint density at radius 3 is 1.44 bits per heavy atom. The lowest BCUT2D eigenvalue weighted by molar-refractivity contribution is -0.150. The summed E-state index contributed by atoms with van der Waals surface area (Å²) in [5.41, 5.74) is 0. The molecule has 3 nitrogen and oxygen atoms in total. The van der Waals surface area contributed by atoms with Crippen LogP contribution < -0.4 is 5.32 Å². The van der Waals surface area contributed by atoms with Gasteiger partial charge in [-0.25, -0.2) is 0 Å². The molecular weight excluding hydrogens is 418 g/mol. The molecule has 0 aromatic heterocycles. The lowest BCUT2D eigenvalue weighted by Gasteiger charge is -2.18. The summed E-state index contributed by atoms with van der Waals surface area (Å²) in [6.07, 6.45) is 29.9. The highest BCUT2D eigenvalue weighted by Gasteiger charge is 2.14. The highest BCUT2D eigenvalue weighted by atomic mass is 16.5. The Morgan fingerprint density at radius 2 is 0.912 bits per heavy atom. The summed E-state index contributed by atoms with van der Waals surface area (Å²) in [6, 6.07) is 0. The Kier molecular flexibility index (Phi) is 28.2. The minimum Gasteiger partial charge on any atom is -0.462 e. The molecular formula is C31H63NO2. The van der Waals surface area contributed by atoms with Gasteiger partial charge in [0.15, 0.2) is 0 Å². The first-order chi connectivity index (χ1) is 16.7. The molecule has 3 heteroatoms. The van der Waals surface area contributed by atoms with Crippen LogP contribution >= 0.6 is 0 Å². The van der Waals surface area contributed by atoms with Crippen LogP contribution in [0.2, 0.25) is 0 Å². The van der Waals surface area contributed by atoms with Crippen molar-refractivity contribution in [1.29, 1.82) is 0 Å². The molecule has 34 heavy (non-hydrogen) atoms. The lowest BCUT2D eigenvalue weighted by Crippen LogP contribution is -2.18. The molecule has 1 atom stereocenters. The highest BCUT2D eigenvalue weighted by Crippen LogP contribution is 2.18. The Hall–Kier alpha value is -0.570. The van der Waals surface area contributed by atoms with E-state index in [9.17, 15) is 4.79 Å². The maximum absolute atomic E-state index is 12.4. The standard InChI is InChI=1S/C31H63NO2/c1-4-7-10-13-14-17-21-26-30(25-20-11-8-5-2)34-31(33)27-22-18-15-16-19-24-29-32-28-23-12-9-6-3/h30,32H,4-29H2,1-3H3. The molecule has 0 bridgehead atoms. The van der Waals surface area contributed by atoms with Gasteiger partial charge in [0, 0.05) is 6.42 Å². The number of hydrogen-bond donors (Lipinski definition) is 1. The molecule has 1 unspecified atom stereocenters. The van der Waals surface area contributed by atoms with E-state index >= 15 is 0 Å². The van der Waals surface area contributed by atoms with Crippen molar-refractivity contribution < 1.29 is 9.53 Å². The van der Waals surface area contributed by atoms with Gasteiger partial charge in [-0.05, 0) is 58.0 Å². The Bertz CT molecular complexity index is 399. The van der Waals surface area contributed by atoms with Gasteiger partial charge in [-0.1, -0.05) is 124 Å². The quantitative estimate of drug-likeness (QED) is 0.0892. The van der Waals surface area contributed by atoms with Crippen LogP contribution in [0.5, 0.6) is 0 Å². The average molecular weight is 482 g/mol. The van der Waals surface area contributed by atoms with Gasteiger partial charge in [-0.15, -0.1) is 0 Å². The monoisotopic (exact) mass is 481 g/mol. The van der Waals surface area contributed by atoms with Gasteiger partial charge in [0.2, 0.25) is 0 Å². The summed E-state index contributed by atoms with van der Waals surface area (Å²) in [4.78, 5) is 12.4. The summed E-state index contributed by atoms with van der Waals surface area (Å²) in [6.45, 7) is 9.13. The number of carbonyl (C=O) groups excluding carboxylic acids is 1. The second-order valence-corrected chi connectivity index (χ2v) is 10.6. The molecule has 204 valence electrons. The van der Waals surface area contributed by atoms with Crippen LogP contribution in [0.3, 0.4) is 0 Å². The van der Waals surface area contributed by atoms with Crippen molar-refractivity contribution in [2.24, 2.45) is 0 Å². The third-order valence-corrected chi connectivity index (χ3v) is 7.00. The molecule has 0 spiro atoms. The van der Waals surface area contributed by atoms with Crippen LogP contribution in [0.15, 0.2) is 0 Å². The van der Waals surface area contributed by atoms with Crippen molar-refractivity contribution in [3.05, 3.63) is 0 Å². The minimum absolute atomic E-state index is 0.0516. The van der Waals surface area contributed by atoms with Crippen LogP contribution in [-0.4, -0.2) is 25.2 Å². The van der Waals surface area contributed by atoms with Crippen molar-refractivity contribution in [1.82, 2.24) is 5.32 Å². The summed E-state index contributed by atoms with van der Waals surface area (Å²) >= 11 is 0. The first-order valence-electron chi connectivity index (χ1n) is 15.6. The number of nitrogens with one attached hydrogen (secondary N) is 1. The van der Waals surface area contributed by atoms with E-state index in [0.717, 1.165) is 25.8 Å². The largest absolute Gasteiger partial charge is 0.462 e. The average Bonchev–Trinajstić information content (AvgIpc) is 2.84. The van der Waals surface area contributed by atoms with E-state index in [-0.39, 0.29) is 12.1 Å². The first-order valence-corrected chi connectivity index (χ1v) is 15.6. The van der Waals surface area contributed by atoms with Crippen molar-refractivity contribution in [2.75, 3.05) is 13.1 Å². The predicted octanol–water partition coefficient (Wildman–Crippen LogP) is 9.91. The van der Waals surface area contributed by atoms with E-state index in [4.69, 9.17) is 4.74 Å². The zero-order valence-electron chi connectivity index (χ0n) is 23.8. The fourth-order valence-corrected chi connectivity index (χ4v) is 4.66. The summed E-state index contributed by atoms with van der Waals surface area (Å²) in [5.74, 6) is 0.0516. The minimum atomic E-state index is 0.0516. The van der Waals surface area contributed by atoms with Crippen LogP contribution in [0.4, 0.5) is 0 Å². The van der Waals surface area contributed by atoms with Gasteiger partial charge < -0.3 is 10.1 Å². The molecule has 0 saturated carbocycles. The fourth-order valence-electron chi connectivity index (χ4n) is 4.66. The summed E-state index contributed by atoms with van der Waals surface area (Å²) < 4.78 is 5.94. The number of ether oxygens (including phenoxy) is 1. The second-order valence-electron chi connectivity index (χ2n) is 10.6. The first kappa shape index (κ1) is 33.4.